The molecule has 1 aromatic carbocycles. The molecule has 138 valence electrons. The molecule has 2 heterocycles. The summed E-state index contributed by atoms with van der Waals surface area (Å²) in [5.74, 6) is -2.52. The van der Waals surface area contributed by atoms with E-state index in [1.807, 2.05) is 0 Å². The van der Waals surface area contributed by atoms with Gasteiger partial charge in [-0.1, -0.05) is 0 Å². The molecule has 1 atom stereocenters. The van der Waals surface area contributed by atoms with Crippen LogP contribution in [0.3, 0.4) is 0 Å². The van der Waals surface area contributed by atoms with Crippen LogP contribution in [0.1, 0.15) is 29.0 Å². The molecule has 0 aliphatic carbocycles. The normalized spacial score (nSPS) is 17.3. The van der Waals surface area contributed by atoms with E-state index in [1.165, 1.54) is 23.1 Å². The number of hydrogen-bond donors (Lipinski definition) is 1. The van der Waals surface area contributed by atoms with Gasteiger partial charge in [-0.05, 0) is 38.0 Å². The van der Waals surface area contributed by atoms with Gasteiger partial charge in [0.15, 0.2) is 6.61 Å². The zero-order valence-corrected chi connectivity index (χ0v) is 14.3. The minimum atomic E-state index is -0.795. The summed E-state index contributed by atoms with van der Waals surface area (Å²) in [7, 11) is 0. The lowest BCUT2D eigenvalue weighted by atomic mass is 9.97. The lowest BCUT2D eigenvalue weighted by Crippen LogP contribution is -2.45. The first kappa shape index (κ1) is 17.9. The molecule has 0 saturated carbocycles. The number of furan rings is 1. The lowest BCUT2D eigenvalue weighted by Gasteiger charge is -2.30. The highest BCUT2D eigenvalue weighted by molar-refractivity contribution is 5.96. The Morgan fingerprint density at radius 1 is 1.38 bits per heavy atom. The number of likely N-dealkylation sites (tertiary alicyclic amines) is 1. The van der Waals surface area contributed by atoms with Gasteiger partial charge < -0.3 is 19.8 Å². The summed E-state index contributed by atoms with van der Waals surface area (Å²) in [6.45, 7) is 1.87. The van der Waals surface area contributed by atoms with Crippen molar-refractivity contribution in [3.63, 3.8) is 0 Å². The highest BCUT2D eigenvalue weighted by atomic mass is 19.1. The van der Waals surface area contributed by atoms with Gasteiger partial charge in [0.05, 0.1) is 5.92 Å². The number of carbonyl (C=O) groups excluding carboxylic acids is 3. The van der Waals surface area contributed by atoms with Crippen LogP contribution >= 0.6 is 0 Å². The number of nitrogens with zero attached hydrogens (tertiary/aromatic N) is 1. The molecule has 0 unspecified atom stereocenters. The number of rotatable bonds is 4. The summed E-state index contributed by atoms with van der Waals surface area (Å²) >= 11 is 0. The predicted octanol–water partition coefficient (Wildman–Crippen LogP) is 1.76. The second-order valence-corrected chi connectivity index (χ2v) is 6.35. The second kappa shape index (κ2) is 7.15. The van der Waals surface area contributed by atoms with E-state index in [0.29, 0.717) is 35.9 Å². The summed E-state index contributed by atoms with van der Waals surface area (Å²) in [4.78, 5) is 37.2. The van der Waals surface area contributed by atoms with Crippen molar-refractivity contribution in [1.29, 1.82) is 0 Å². The Labute approximate surface area is 148 Å². The van der Waals surface area contributed by atoms with E-state index >= 15 is 0 Å². The van der Waals surface area contributed by atoms with Crippen LogP contribution in [0.2, 0.25) is 0 Å². The van der Waals surface area contributed by atoms with E-state index in [2.05, 4.69) is 0 Å². The molecule has 0 radical (unpaired) electrons. The van der Waals surface area contributed by atoms with Crippen LogP contribution in [0.25, 0.3) is 11.0 Å². The van der Waals surface area contributed by atoms with Gasteiger partial charge in [-0.25, -0.2) is 9.18 Å². The molecule has 2 aromatic rings. The molecule has 1 aliphatic rings. The molecular weight excluding hydrogens is 343 g/mol. The molecule has 2 amide bonds. The van der Waals surface area contributed by atoms with E-state index in [-0.39, 0.29) is 18.2 Å². The van der Waals surface area contributed by atoms with Crippen LogP contribution < -0.4 is 5.73 Å². The summed E-state index contributed by atoms with van der Waals surface area (Å²) in [5.41, 5.74) is 6.10. The second-order valence-electron chi connectivity index (χ2n) is 6.35. The number of amides is 2. The first-order valence-corrected chi connectivity index (χ1v) is 8.29. The van der Waals surface area contributed by atoms with E-state index in [9.17, 15) is 18.8 Å². The van der Waals surface area contributed by atoms with Crippen LogP contribution in [-0.4, -0.2) is 42.4 Å². The summed E-state index contributed by atoms with van der Waals surface area (Å²) < 4.78 is 23.8. The van der Waals surface area contributed by atoms with Crippen molar-refractivity contribution in [3.05, 3.63) is 35.3 Å². The van der Waals surface area contributed by atoms with Gasteiger partial charge in [-0.2, -0.15) is 0 Å². The van der Waals surface area contributed by atoms with Crippen molar-refractivity contribution in [2.24, 2.45) is 11.7 Å². The molecule has 3 rings (SSSR count). The number of aryl methyl sites for hydroxylation is 1. The Morgan fingerprint density at radius 3 is 2.88 bits per heavy atom. The average Bonchev–Trinajstić information content (AvgIpc) is 2.96. The number of hydrogen-bond acceptors (Lipinski definition) is 5. The summed E-state index contributed by atoms with van der Waals surface area (Å²) in [6.07, 6.45) is 1.31. The highest BCUT2D eigenvalue weighted by Crippen LogP contribution is 2.26. The molecule has 1 saturated heterocycles. The molecular formula is C18H19FN2O5. The largest absolute Gasteiger partial charge is 0.450 e. The Bertz CT molecular complexity index is 876. The Balaban J connectivity index is 1.64. The minimum Gasteiger partial charge on any atom is -0.450 e. The van der Waals surface area contributed by atoms with Crippen LogP contribution in [0.15, 0.2) is 22.6 Å². The third kappa shape index (κ3) is 3.54. The molecule has 1 aliphatic heterocycles. The van der Waals surface area contributed by atoms with Crippen molar-refractivity contribution in [2.75, 3.05) is 19.7 Å². The van der Waals surface area contributed by atoms with Gasteiger partial charge in [-0.3, -0.25) is 9.59 Å². The topological polar surface area (TPSA) is 103 Å². The molecule has 1 fully saturated rings. The maximum absolute atomic E-state index is 13.3. The lowest BCUT2D eigenvalue weighted by molar-refractivity contribution is -0.137. The number of ether oxygens (including phenoxy) is 1. The quantitative estimate of drug-likeness (QED) is 0.835. The first-order valence-electron chi connectivity index (χ1n) is 8.29. The van der Waals surface area contributed by atoms with Gasteiger partial charge >= 0.3 is 5.97 Å². The maximum atomic E-state index is 13.3. The minimum absolute atomic E-state index is 0.0629. The Kier molecular flexibility index (Phi) is 4.92. The van der Waals surface area contributed by atoms with E-state index < -0.39 is 30.2 Å². The van der Waals surface area contributed by atoms with Gasteiger partial charge in [0.1, 0.15) is 11.4 Å². The molecule has 2 N–H and O–H groups in total. The van der Waals surface area contributed by atoms with Crippen LogP contribution in [0.5, 0.6) is 0 Å². The predicted molar refractivity (Wildman–Crippen MR) is 89.7 cm³/mol. The number of fused-ring (bicyclic) bond motifs is 1. The van der Waals surface area contributed by atoms with Crippen molar-refractivity contribution < 1.29 is 27.9 Å². The number of nitrogens with two attached hydrogens (primary N) is 1. The first-order chi connectivity index (χ1) is 12.4. The van der Waals surface area contributed by atoms with Crippen molar-refractivity contribution in [2.45, 2.75) is 19.8 Å². The zero-order valence-electron chi connectivity index (χ0n) is 14.3. The average molecular weight is 362 g/mol. The smallest absolute Gasteiger partial charge is 0.375 e. The Hall–Kier alpha value is -2.90. The van der Waals surface area contributed by atoms with Crippen molar-refractivity contribution in [3.8, 4) is 0 Å². The van der Waals surface area contributed by atoms with Gasteiger partial charge in [0.2, 0.25) is 11.7 Å². The standard InChI is InChI=1S/C18H19FN2O5/c1-10-13-7-12(19)4-5-14(13)26-16(10)18(24)25-9-15(22)21-6-2-3-11(8-21)17(20)23/h4-5,7,11H,2-3,6,8-9H2,1H3,(H2,20,23)/t11-/m1/s1. The number of carbonyl (C=O) groups is 3. The van der Waals surface area contributed by atoms with E-state index in [0.717, 1.165) is 0 Å². The number of esters is 1. The molecule has 8 heteroatoms. The number of piperidine rings is 1. The molecule has 7 nitrogen and oxygen atoms in total. The monoisotopic (exact) mass is 362 g/mol. The third-order valence-corrected chi connectivity index (χ3v) is 4.59. The molecule has 0 bridgehead atoms. The fourth-order valence-electron chi connectivity index (χ4n) is 3.11. The number of benzene rings is 1. The van der Waals surface area contributed by atoms with Gasteiger partial charge in [0.25, 0.3) is 5.91 Å². The number of halogens is 1. The zero-order chi connectivity index (χ0) is 18.8. The SMILES string of the molecule is Cc1c(C(=O)OCC(=O)N2CCC[C@@H](C(N)=O)C2)oc2ccc(F)cc12. The highest BCUT2D eigenvalue weighted by Gasteiger charge is 2.28. The van der Waals surface area contributed by atoms with Crippen molar-refractivity contribution in [1.82, 2.24) is 4.90 Å². The van der Waals surface area contributed by atoms with Crippen LogP contribution in [0, 0.1) is 18.7 Å². The van der Waals surface area contributed by atoms with E-state index in [4.69, 9.17) is 14.9 Å². The number of primary amides is 1. The van der Waals surface area contributed by atoms with Gasteiger partial charge in [0, 0.05) is 24.0 Å². The van der Waals surface area contributed by atoms with E-state index in [1.54, 1.807) is 6.92 Å². The third-order valence-electron chi connectivity index (χ3n) is 4.59. The van der Waals surface area contributed by atoms with Crippen LogP contribution in [-0.2, 0) is 14.3 Å². The summed E-state index contributed by atoms with van der Waals surface area (Å²) in [5, 5.41) is 0.476. The van der Waals surface area contributed by atoms with Crippen LogP contribution in [0.4, 0.5) is 4.39 Å². The molecule has 1 aromatic heterocycles. The Morgan fingerprint density at radius 2 is 2.15 bits per heavy atom. The summed E-state index contributed by atoms with van der Waals surface area (Å²) in [6, 6.07) is 3.93. The van der Waals surface area contributed by atoms with Crippen molar-refractivity contribution >= 4 is 28.8 Å². The fourth-order valence-corrected chi connectivity index (χ4v) is 3.11. The van der Waals surface area contributed by atoms with Gasteiger partial charge in [-0.15, -0.1) is 0 Å². The molecule has 26 heavy (non-hydrogen) atoms. The maximum Gasteiger partial charge on any atom is 0.375 e. The fraction of sp³-hybridized carbons (Fsp3) is 0.389. The molecule has 0 spiro atoms.